The third-order valence-corrected chi connectivity index (χ3v) is 3.76. The van der Waals surface area contributed by atoms with Crippen molar-refractivity contribution < 1.29 is 4.92 Å². The molecule has 1 N–H and O–H groups in total. The number of nitrogens with zero attached hydrogens (tertiary/aromatic N) is 1. The van der Waals surface area contributed by atoms with Gasteiger partial charge < -0.3 is 5.32 Å². The summed E-state index contributed by atoms with van der Waals surface area (Å²) in [6, 6.07) is 7.46. The molecule has 1 heterocycles. The summed E-state index contributed by atoms with van der Waals surface area (Å²) in [7, 11) is 0. The smallest absolute Gasteiger partial charge is 0.274 e. The first-order valence-electron chi connectivity index (χ1n) is 6.09. The van der Waals surface area contributed by atoms with Crippen molar-refractivity contribution in [1.82, 2.24) is 0 Å². The molecule has 0 spiro atoms. The zero-order valence-electron chi connectivity index (χ0n) is 10.9. The Morgan fingerprint density at radius 2 is 2.21 bits per heavy atom. The highest BCUT2D eigenvalue weighted by Gasteiger charge is 2.14. The second-order valence-corrected chi connectivity index (χ2v) is 5.37. The molecule has 0 aliphatic heterocycles. The minimum Gasteiger partial charge on any atom is -0.382 e. The maximum Gasteiger partial charge on any atom is 0.274 e. The van der Waals surface area contributed by atoms with Gasteiger partial charge in [0, 0.05) is 23.4 Å². The van der Waals surface area contributed by atoms with E-state index >= 15 is 0 Å². The lowest BCUT2D eigenvalue weighted by molar-refractivity contribution is -0.385. The highest BCUT2D eigenvalue weighted by molar-refractivity contribution is 7.07. The molecular weight excluding hydrogens is 260 g/mol. The molecule has 100 valence electrons. The lowest BCUT2D eigenvalue weighted by Gasteiger charge is -2.16. The van der Waals surface area contributed by atoms with Gasteiger partial charge in [-0.15, -0.1) is 0 Å². The zero-order valence-corrected chi connectivity index (χ0v) is 11.7. The SMILES string of the molecule is Cc1c(NC(C)Cc2ccsc2)cccc1[N+](=O)[O-]. The molecule has 0 saturated heterocycles. The van der Waals surface area contributed by atoms with Gasteiger partial charge in [0.05, 0.1) is 4.92 Å². The van der Waals surface area contributed by atoms with Crippen molar-refractivity contribution >= 4 is 22.7 Å². The van der Waals surface area contributed by atoms with Crippen LogP contribution >= 0.6 is 11.3 Å². The molecule has 1 unspecified atom stereocenters. The molecule has 0 aliphatic rings. The topological polar surface area (TPSA) is 55.2 Å². The zero-order chi connectivity index (χ0) is 13.8. The van der Waals surface area contributed by atoms with E-state index in [0.717, 1.165) is 12.1 Å². The van der Waals surface area contributed by atoms with Crippen molar-refractivity contribution in [2.75, 3.05) is 5.32 Å². The highest BCUT2D eigenvalue weighted by Crippen LogP contribution is 2.26. The molecule has 5 heteroatoms. The third-order valence-electron chi connectivity index (χ3n) is 3.03. The van der Waals surface area contributed by atoms with Crippen LogP contribution in [0.25, 0.3) is 0 Å². The van der Waals surface area contributed by atoms with Gasteiger partial charge in [-0.2, -0.15) is 11.3 Å². The predicted molar refractivity (Wildman–Crippen MR) is 78.9 cm³/mol. The van der Waals surface area contributed by atoms with E-state index in [1.165, 1.54) is 11.6 Å². The normalized spacial score (nSPS) is 12.1. The van der Waals surface area contributed by atoms with Crippen LogP contribution in [0.5, 0.6) is 0 Å². The van der Waals surface area contributed by atoms with Crippen LogP contribution in [0.15, 0.2) is 35.0 Å². The molecule has 0 aliphatic carbocycles. The van der Waals surface area contributed by atoms with Crippen LogP contribution in [-0.4, -0.2) is 11.0 Å². The number of benzene rings is 1. The van der Waals surface area contributed by atoms with Gasteiger partial charge in [-0.3, -0.25) is 10.1 Å². The number of nitro groups is 1. The van der Waals surface area contributed by atoms with Crippen molar-refractivity contribution in [2.24, 2.45) is 0 Å². The van der Waals surface area contributed by atoms with Gasteiger partial charge in [0.2, 0.25) is 0 Å². The summed E-state index contributed by atoms with van der Waals surface area (Å²) in [5.74, 6) is 0. The van der Waals surface area contributed by atoms with Gasteiger partial charge in [0.25, 0.3) is 5.69 Å². The quantitative estimate of drug-likeness (QED) is 0.663. The summed E-state index contributed by atoms with van der Waals surface area (Å²) in [5.41, 5.74) is 2.96. The van der Waals surface area contributed by atoms with Crippen molar-refractivity contribution in [3.63, 3.8) is 0 Å². The lowest BCUT2D eigenvalue weighted by atomic mass is 10.1. The van der Waals surface area contributed by atoms with E-state index in [2.05, 4.69) is 29.1 Å². The predicted octanol–water partition coefficient (Wildman–Crippen LogP) is 4.01. The van der Waals surface area contributed by atoms with E-state index in [0.29, 0.717) is 5.56 Å². The van der Waals surface area contributed by atoms with Crippen molar-refractivity contribution in [3.8, 4) is 0 Å². The molecule has 19 heavy (non-hydrogen) atoms. The Labute approximate surface area is 116 Å². The third kappa shape index (κ3) is 3.32. The van der Waals surface area contributed by atoms with E-state index in [4.69, 9.17) is 0 Å². The number of hydrogen-bond donors (Lipinski definition) is 1. The molecule has 2 rings (SSSR count). The Kier molecular flexibility index (Phi) is 4.16. The van der Waals surface area contributed by atoms with Gasteiger partial charge in [-0.25, -0.2) is 0 Å². The minimum atomic E-state index is -0.343. The maximum atomic E-state index is 10.9. The molecule has 0 amide bonds. The number of nitrogens with one attached hydrogen (secondary N) is 1. The van der Waals surface area contributed by atoms with Gasteiger partial charge in [0.1, 0.15) is 0 Å². The number of hydrogen-bond acceptors (Lipinski definition) is 4. The van der Waals surface area contributed by atoms with Crippen LogP contribution in [0.2, 0.25) is 0 Å². The fourth-order valence-corrected chi connectivity index (χ4v) is 2.74. The Morgan fingerprint density at radius 3 is 2.84 bits per heavy atom. The van der Waals surface area contributed by atoms with Gasteiger partial charge >= 0.3 is 0 Å². The van der Waals surface area contributed by atoms with Crippen LogP contribution in [-0.2, 0) is 6.42 Å². The standard InChI is InChI=1S/C14H16N2O2S/c1-10(8-12-6-7-19-9-12)15-13-4-3-5-14(11(13)2)16(17)18/h3-7,9-10,15H,8H2,1-2H3. The minimum absolute atomic E-state index is 0.160. The highest BCUT2D eigenvalue weighted by atomic mass is 32.1. The number of rotatable bonds is 5. The molecule has 4 nitrogen and oxygen atoms in total. The van der Waals surface area contributed by atoms with E-state index in [1.54, 1.807) is 24.3 Å². The first-order chi connectivity index (χ1) is 9.08. The van der Waals surface area contributed by atoms with Crippen molar-refractivity contribution in [2.45, 2.75) is 26.3 Å². The maximum absolute atomic E-state index is 10.9. The molecule has 0 bridgehead atoms. The van der Waals surface area contributed by atoms with Crippen LogP contribution < -0.4 is 5.32 Å². The molecule has 1 aromatic carbocycles. The van der Waals surface area contributed by atoms with Crippen molar-refractivity contribution in [1.29, 1.82) is 0 Å². The number of nitro benzene ring substituents is 1. The monoisotopic (exact) mass is 276 g/mol. The molecular formula is C14H16N2O2S. The average molecular weight is 276 g/mol. The number of anilines is 1. The van der Waals surface area contributed by atoms with E-state index in [9.17, 15) is 10.1 Å². The molecule has 1 aromatic heterocycles. The van der Waals surface area contributed by atoms with E-state index in [-0.39, 0.29) is 16.7 Å². The molecule has 2 aromatic rings. The summed E-state index contributed by atoms with van der Waals surface area (Å²) in [6.45, 7) is 3.85. The number of thiophene rings is 1. The van der Waals surface area contributed by atoms with Crippen molar-refractivity contribution in [3.05, 3.63) is 56.3 Å². The average Bonchev–Trinajstić information content (AvgIpc) is 2.84. The first kappa shape index (κ1) is 13.5. The largest absolute Gasteiger partial charge is 0.382 e. The second-order valence-electron chi connectivity index (χ2n) is 4.59. The fraction of sp³-hybridized carbons (Fsp3) is 0.286. The van der Waals surface area contributed by atoms with E-state index < -0.39 is 0 Å². The van der Waals surface area contributed by atoms with Gasteiger partial charge in [0.15, 0.2) is 0 Å². The molecule has 0 saturated carbocycles. The summed E-state index contributed by atoms with van der Waals surface area (Å²) < 4.78 is 0. The van der Waals surface area contributed by atoms with E-state index in [1.807, 2.05) is 6.07 Å². The van der Waals surface area contributed by atoms with Crippen LogP contribution in [0.4, 0.5) is 11.4 Å². The second kappa shape index (κ2) is 5.84. The summed E-state index contributed by atoms with van der Waals surface area (Å²) in [5, 5.41) is 18.4. The van der Waals surface area contributed by atoms with Gasteiger partial charge in [-0.1, -0.05) is 6.07 Å². The van der Waals surface area contributed by atoms with Gasteiger partial charge in [-0.05, 0) is 48.7 Å². The summed E-state index contributed by atoms with van der Waals surface area (Å²) in [4.78, 5) is 10.6. The van der Waals surface area contributed by atoms with Crippen LogP contribution in [0, 0.1) is 17.0 Å². The fourth-order valence-electron chi connectivity index (χ4n) is 2.06. The summed E-state index contributed by atoms with van der Waals surface area (Å²) in [6.07, 6.45) is 0.908. The lowest BCUT2D eigenvalue weighted by Crippen LogP contribution is -2.18. The Bertz CT molecular complexity index is 567. The molecule has 0 radical (unpaired) electrons. The Hall–Kier alpha value is -1.88. The Morgan fingerprint density at radius 1 is 1.42 bits per heavy atom. The molecule has 1 atom stereocenters. The first-order valence-corrected chi connectivity index (χ1v) is 7.04. The summed E-state index contributed by atoms with van der Waals surface area (Å²) >= 11 is 1.68. The van der Waals surface area contributed by atoms with Crippen LogP contribution in [0.1, 0.15) is 18.1 Å². The molecule has 0 fully saturated rings. The van der Waals surface area contributed by atoms with Crippen LogP contribution in [0.3, 0.4) is 0 Å². The Balaban J connectivity index is 2.10.